The van der Waals surface area contributed by atoms with Gasteiger partial charge in [0, 0.05) is 22.0 Å². The first kappa shape index (κ1) is 31.3. The number of halogens is 5. The van der Waals surface area contributed by atoms with Gasteiger partial charge in [-0.2, -0.15) is 13.2 Å². The summed E-state index contributed by atoms with van der Waals surface area (Å²) < 4.78 is 59.9. The van der Waals surface area contributed by atoms with E-state index in [4.69, 9.17) is 16.3 Å². The number of hydroxylamine groups is 1. The zero-order valence-corrected chi connectivity index (χ0v) is 24.1. The molecule has 0 bridgehead atoms. The minimum absolute atomic E-state index is 0.0249. The molecular weight excluding hydrogens is 582 g/mol. The van der Waals surface area contributed by atoms with Crippen molar-refractivity contribution >= 4 is 40.2 Å². The number of carbonyl (C=O) groups excluding carboxylic acids is 1. The largest absolute Gasteiger partial charge is 0.497 e. The van der Waals surface area contributed by atoms with Gasteiger partial charge in [-0.15, -0.1) is 11.8 Å². The summed E-state index contributed by atoms with van der Waals surface area (Å²) in [5.74, 6) is 0.665. The Balaban J connectivity index is 1.33. The van der Waals surface area contributed by atoms with E-state index < -0.39 is 29.2 Å². The number of alkyl halides is 4. The molecule has 1 aliphatic heterocycles. The number of hydrogen-bond acceptors (Lipinski definition) is 6. The number of benzene rings is 2. The summed E-state index contributed by atoms with van der Waals surface area (Å²) in [4.78, 5) is 19.8. The van der Waals surface area contributed by atoms with E-state index in [1.54, 1.807) is 29.7 Å². The predicted molar refractivity (Wildman–Crippen MR) is 151 cm³/mol. The number of methoxy groups -OCH3 is 1. The number of hydrogen-bond donors (Lipinski definition) is 2. The Labute approximate surface area is 245 Å². The second kappa shape index (κ2) is 13.6. The van der Waals surface area contributed by atoms with Crippen LogP contribution in [0.25, 0.3) is 10.9 Å². The Morgan fingerprint density at radius 3 is 2.68 bits per heavy atom. The van der Waals surface area contributed by atoms with Crippen molar-refractivity contribution in [3.05, 3.63) is 64.8 Å². The topological polar surface area (TPSA) is 74.7 Å². The summed E-state index contributed by atoms with van der Waals surface area (Å²) in [5.41, 5.74) is 1.06. The van der Waals surface area contributed by atoms with Crippen LogP contribution in [-0.4, -0.2) is 53.5 Å². The van der Waals surface area contributed by atoms with E-state index in [0.29, 0.717) is 58.8 Å². The van der Waals surface area contributed by atoms with Gasteiger partial charge in [0.05, 0.1) is 28.6 Å². The molecule has 4 rings (SSSR count). The average molecular weight is 614 g/mol. The van der Waals surface area contributed by atoms with Crippen LogP contribution in [-0.2, 0) is 11.0 Å². The number of carbonyl (C=O) groups is 1. The maximum absolute atomic E-state index is 15.7. The highest BCUT2D eigenvalue weighted by Gasteiger charge is 2.41. The lowest BCUT2D eigenvalue weighted by Gasteiger charge is -2.40. The Morgan fingerprint density at radius 1 is 1.24 bits per heavy atom. The molecule has 0 aliphatic carbocycles. The van der Waals surface area contributed by atoms with Crippen molar-refractivity contribution in [2.24, 2.45) is 5.41 Å². The predicted octanol–water partition coefficient (Wildman–Crippen LogP) is 7.48. The number of fused-ring (bicyclic) bond motifs is 1. The lowest BCUT2D eigenvalue weighted by molar-refractivity contribution is -0.143. The van der Waals surface area contributed by atoms with Crippen molar-refractivity contribution in [1.29, 1.82) is 0 Å². The molecule has 2 N–H and O–H groups in total. The van der Waals surface area contributed by atoms with Crippen LogP contribution in [0, 0.1) is 5.41 Å². The molecular formula is C29H32ClF4N3O3S. The molecule has 2 heterocycles. The first-order chi connectivity index (χ1) is 19.6. The van der Waals surface area contributed by atoms with Gasteiger partial charge in [0.25, 0.3) is 0 Å². The number of nitrogens with zero attached hydrogens (tertiary/aromatic N) is 2. The van der Waals surface area contributed by atoms with E-state index in [2.05, 4.69) is 9.88 Å². The summed E-state index contributed by atoms with van der Waals surface area (Å²) in [5, 5.41) is 10.2. The van der Waals surface area contributed by atoms with Crippen LogP contribution in [0.2, 0.25) is 5.02 Å². The molecule has 1 amide bonds. The second-order valence-electron chi connectivity index (χ2n) is 10.2. The maximum atomic E-state index is 15.7. The van der Waals surface area contributed by atoms with Crippen LogP contribution < -0.4 is 10.2 Å². The van der Waals surface area contributed by atoms with Crippen LogP contribution in [0.5, 0.6) is 5.75 Å². The quantitative estimate of drug-likeness (QED) is 0.0768. The van der Waals surface area contributed by atoms with Gasteiger partial charge in [-0.05, 0) is 93.9 Å². The van der Waals surface area contributed by atoms with Crippen molar-refractivity contribution in [1.82, 2.24) is 15.4 Å². The van der Waals surface area contributed by atoms with Gasteiger partial charge in [-0.1, -0.05) is 17.7 Å². The lowest BCUT2D eigenvalue weighted by Crippen LogP contribution is -2.48. The highest BCUT2D eigenvalue weighted by Crippen LogP contribution is 2.42. The van der Waals surface area contributed by atoms with Gasteiger partial charge in [0.2, 0.25) is 5.91 Å². The van der Waals surface area contributed by atoms with Crippen LogP contribution >= 0.6 is 23.4 Å². The summed E-state index contributed by atoms with van der Waals surface area (Å²) >= 11 is 7.74. The molecule has 0 spiro atoms. The number of ether oxygens (including phenoxy) is 1. The van der Waals surface area contributed by atoms with Gasteiger partial charge in [0.15, 0.2) is 0 Å². The number of rotatable bonds is 11. The molecule has 2 aromatic carbocycles. The number of nitrogens with one attached hydrogen (secondary N) is 1. The van der Waals surface area contributed by atoms with E-state index in [0.717, 1.165) is 25.1 Å². The summed E-state index contributed by atoms with van der Waals surface area (Å²) in [7, 11) is 1.52. The SMILES string of the molecule is COc1ccc2ncc(Cl)c([C@H](F)CCC3(C(=O)NO)CCN(CCCSc4cccc(C(F)(F)F)c4)CC3)c2c1. The molecule has 0 radical (unpaired) electrons. The third-order valence-electron chi connectivity index (χ3n) is 7.70. The highest BCUT2D eigenvalue weighted by atomic mass is 35.5. The summed E-state index contributed by atoms with van der Waals surface area (Å²) in [6.07, 6.45) is -2.55. The molecule has 1 atom stereocenters. The van der Waals surface area contributed by atoms with Crippen molar-refractivity contribution in [2.75, 3.05) is 32.5 Å². The van der Waals surface area contributed by atoms with Crippen molar-refractivity contribution in [3.8, 4) is 5.75 Å². The maximum Gasteiger partial charge on any atom is 0.416 e. The molecule has 0 saturated carbocycles. The van der Waals surface area contributed by atoms with E-state index >= 15 is 4.39 Å². The first-order valence-electron chi connectivity index (χ1n) is 13.3. The van der Waals surface area contributed by atoms with Crippen LogP contribution in [0.4, 0.5) is 17.6 Å². The lowest BCUT2D eigenvalue weighted by atomic mass is 9.73. The molecule has 0 unspecified atom stereocenters. The summed E-state index contributed by atoms with van der Waals surface area (Å²) in [6.45, 7) is 1.87. The second-order valence-corrected chi connectivity index (χ2v) is 11.8. The van der Waals surface area contributed by atoms with Crippen molar-refractivity contribution in [3.63, 3.8) is 0 Å². The minimum atomic E-state index is -4.37. The minimum Gasteiger partial charge on any atom is -0.497 e. The zero-order valence-electron chi connectivity index (χ0n) is 22.5. The number of thioether (sulfide) groups is 1. The Morgan fingerprint density at radius 2 is 2.00 bits per heavy atom. The third-order valence-corrected chi connectivity index (χ3v) is 9.08. The zero-order chi connectivity index (χ0) is 29.6. The normalized spacial score (nSPS) is 16.5. The van der Waals surface area contributed by atoms with Crippen LogP contribution in [0.3, 0.4) is 0 Å². The molecule has 12 heteroatoms. The van der Waals surface area contributed by atoms with Crippen LogP contribution in [0.15, 0.2) is 53.6 Å². The van der Waals surface area contributed by atoms with E-state index in [1.165, 1.54) is 31.1 Å². The molecule has 1 fully saturated rings. The fourth-order valence-corrected chi connectivity index (χ4v) is 6.48. The van der Waals surface area contributed by atoms with Gasteiger partial charge in [-0.25, -0.2) is 9.87 Å². The Bertz CT molecular complexity index is 1350. The average Bonchev–Trinajstić information content (AvgIpc) is 2.97. The number of amides is 1. The molecule has 41 heavy (non-hydrogen) atoms. The Hall–Kier alpha value is -2.60. The van der Waals surface area contributed by atoms with E-state index in [9.17, 15) is 23.2 Å². The monoisotopic (exact) mass is 613 g/mol. The fraction of sp³-hybridized carbons (Fsp3) is 0.448. The van der Waals surface area contributed by atoms with Gasteiger partial charge in [-0.3, -0.25) is 15.0 Å². The first-order valence-corrected chi connectivity index (χ1v) is 14.7. The van der Waals surface area contributed by atoms with E-state index in [-0.39, 0.29) is 17.9 Å². The molecule has 6 nitrogen and oxygen atoms in total. The highest BCUT2D eigenvalue weighted by molar-refractivity contribution is 7.99. The van der Waals surface area contributed by atoms with Crippen LogP contribution in [0.1, 0.15) is 49.4 Å². The van der Waals surface area contributed by atoms with Gasteiger partial charge >= 0.3 is 6.18 Å². The number of pyridine rings is 1. The van der Waals surface area contributed by atoms with Gasteiger partial charge < -0.3 is 9.64 Å². The molecule has 1 aliphatic rings. The number of piperidine rings is 1. The smallest absolute Gasteiger partial charge is 0.416 e. The van der Waals surface area contributed by atoms with Crippen molar-refractivity contribution < 1.29 is 32.3 Å². The molecule has 3 aromatic rings. The van der Waals surface area contributed by atoms with Gasteiger partial charge in [0.1, 0.15) is 11.9 Å². The molecule has 1 aromatic heterocycles. The van der Waals surface area contributed by atoms with E-state index in [1.807, 2.05) is 0 Å². The fourth-order valence-electron chi connectivity index (χ4n) is 5.31. The third kappa shape index (κ3) is 7.63. The molecule has 1 saturated heterocycles. The standard InChI is InChI=1S/C29H32ClF4N3O3S/c1-40-20-6-7-25-22(17-20)26(23(30)18-35-25)24(31)8-9-28(27(38)36-39)10-13-37(14-11-28)12-3-15-41-21-5-2-4-19(16-21)29(32,33)34/h2,4-7,16-18,24,39H,3,8-15H2,1H3,(H,36,38)/t24-/m1/s1. The summed E-state index contributed by atoms with van der Waals surface area (Å²) in [6, 6.07) is 10.4. The molecule has 222 valence electrons. The Kier molecular flexibility index (Phi) is 10.4. The number of likely N-dealkylation sites (tertiary alicyclic amines) is 1. The van der Waals surface area contributed by atoms with Crippen molar-refractivity contribution in [2.45, 2.75) is 49.3 Å². The number of aromatic nitrogens is 1.